The van der Waals surface area contributed by atoms with E-state index in [1.165, 1.54) is 11.1 Å². The number of hydrogen-bond acceptors (Lipinski definition) is 1. The number of benzene rings is 1. The number of carbonyl (C=O) groups excluding carboxylic acids is 1. The Balaban J connectivity index is 1.73. The van der Waals surface area contributed by atoms with Crippen LogP contribution in [0.3, 0.4) is 0 Å². The second kappa shape index (κ2) is 4.43. The summed E-state index contributed by atoms with van der Waals surface area (Å²) in [5.41, 5.74) is 2.58. The van der Waals surface area contributed by atoms with Crippen LogP contribution in [-0.2, 0) is 11.2 Å². The van der Waals surface area contributed by atoms with Crippen LogP contribution >= 0.6 is 23.2 Å². The maximum absolute atomic E-state index is 12.0. The second-order valence-electron chi connectivity index (χ2n) is 5.17. The van der Waals surface area contributed by atoms with E-state index in [1.54, 1.807) is 0 Å². The van der Waals surface area contributed by atoms with Crippen molar-refractivity contribution < 1.29 is 4.79 Å². The molecule has 4 heteroatoms. The molecule has 0 radical (unpaired) electrons. The van der Waals surface area contributed by atoms with Gasteiger partial charge in [0.1, 0.15) is 4.33 Å². The first kappa shape index (κ1) is 12.3. The molecular formula is C14H15Cl2NO. The standard InChI is InChI=1S/C14H15Cl2NO/c15-14(16)8-11(14)13(18)17-12-7-3-5-9-4-1-2-6-10(9)12/h1-2,4,6,11-12H,3,5,7-8H2,(H,17,18)/t11-,12+/m0/s1. The first-order valence-corrected chi connectivity index (χ1v) is 7.09. The van der Waals surface area contributed by atoms with Crippen molar-refractivity contribution in [1.29, 1.82) is 0 Å². The van der Waals surface area contributed by atoms with E-state index in [4.69, 9.17) is 23.2 Å². The molecule has 0 aromatic heterocycles. The van der Waals surface area contributed by atoms with Crippen molar-refractivity contribution in [2.45, 2.75) is 36.1 Å². The van der Waals surface area contributed by atoms with E-state index in [2.05, 4.69) is 17.4 Å². The van der Waals surface area contributed by atoms with Gasteiger partial charge in [-0.25, -0.2) is 0 Å². The summed E-state index contributed by atoms with van der Waals surface area (Å²) in [6, 6.07) is 8.42. The fourth-order valence-corrected chi connectivity index (χ4v) is 3.18. The summed E-state index contributed by atoms with van der Waals surface area (Å²) in [6.07, 6.45) is 3.77. The highest BCUT2D eigenvalue weighted by Crippen LogP contribution is 2.53. The smallest absolute Gasteiger partial charge is 0.226 e. The van der Waals surface area contributed by atoms with Gasteiger partial charge >= 0.3 is 0 Å². The van der Waals surface area contributed by atoms with E-state index in [0.29, 0.717) is 6.42 Å². The van der Waals surface area contributed by atoms with Crippen LogP contribution in [0.25, 0.3) is 0 Å². The zero-order chi connectivity index (χ0) is 12.8. The van der Waals surface area contributed by atoms with Gasteiger partial charge in [-0.05, 0) is 36.8 Å². The molecule has 1 N–H and O–H groups in total. The lowest BCUT2D eigenvalue weighted by atomic mass is 9.87. The molecule has 1 aromatic carbocycles. The Morgan fingerprint density at radius 1 is 1.33 bits per heavy atom. The van der Waals surface area contributed by atoms with Gasteiger partial charge in [-0.15, -0.1) is 23.2 Å². The quantitative estimate of drug-likeness (QED) is 0.829. The first-order valence-electron chi connectivity index (χ1n) is 6.34. The number of amides is 1. The number of nitrogens with one attached hydrogen (secondary N) is 1. The van der Waals surface area contributed by atoms with E-state index < -0.39 is 4.33 Å². The summed E-state index contributed by atoms with van der Waals surface area (Å²) in [7, 11) is 0. The highest BCUT2D eigenvalue weighted by Gasteiger charge is 2.56. The monoisotopic (exact) mass is 283 g/mol. The average molecular weight is 284 g/mol. The van der Waals surface area contributed by atoms with Gasteiger partial charge in [0.25, 0.3) is 0 Å². The molecule has 2 aliphatic rings. The molecule has 1 saturated carbocycles. The predicted octanol–water partition coefficient (Wildman–Crippen LogP) is 3.37. The Morgan fingerprint density at radius 3 is 2.78 bits per heavy atom. The number of halogens is 2. The van der Waals surface area contributed by atoms with Crippen LogP contribution in [0.1, 0.15) is 36.4 Å². The van der Waals surface area contributed by atoms with Gasteiger partial charge in [-0.2, -0.15) is 0 Å². The molecular weight excluding hydrogens is 269 g/mol. The van der Waals surface area contributed by atoms with Crippen molar-refractivity contribution in [2.24, 2.45) is 5.92 Å². The van der Waals surface area contributed by atoms with Crippen molar-refractivity contribution in [1.82, 2.24) is 5.32 Å². The molecule has 0 saturated heterocycles. The van der Waals surface area contributed by atoms with Gasteiger partial charge in [-0.3, -0.25) is 4.79 Å². The summed E-state index contributed by atoms with van der Waals surface area (Å²) in [6.45, 7) is 0. The number of hydrogen-bond donors (Lipinski definition) is 1. The maximum Gasteiger partial charge on any atom is 0.226 e. The minimum atomic E-state index is -0.835. The number of fused-ring (bicyclic) bond motifs is 1. The number of carbonyl (C=O) groups is 1. The van der Waals surface area contributed by atoms with Gasteiger partial charge in [0, 0.05) is 0 Å². The average Bonchev–Trinajstić information content (AvgIpc) is 2.99. The van der Waals surface area contributed by atoms with Crippen molar-refractivity contribution in [3.05, 3.63) is 35.4 Å². The lowest BCUT2D eigenvalue weighted by Gasteiger charge is -2.26. The Bertz CT molecular complexity index is 486. The fourth-order valence-electron chi connectivity index (χ4n) is 2.67. The van der Waals surface area contributed by atoms with Crippen LogP contribution in [0.5, 0.6) is 0 Å². The SMILES string of the molecule is O=C(N[C@@H]1CCCc2ccccc21)[C@@H]1CC1(Cl)Cl. The Labute approximate surface area is 117 Å². The number of aryl methyl sites for hydroxylation is 1. The predicted molar refractivity (Wildman–Crippen MR) is 72.8 cm³/mol. The molecule has 96 valence electrons. The first-order chi connectivity index (χ1) is 8.58. The fraction of sp³-hybridized carbons (Fsp3) is 0.500. The topological polar surface area (TPSA) is 29.1 Å². The molecule has 0 aliphatic heterocycles. The van der Waals surface area contributed by atoms with Gasteiger partial charge < -0.3 is 5.32 Å². The van der Waals surface area contributed by atoms with Crippen molar-refractivity contribution in [2.75, 3.05) is 0 Å². The minimum Gasteiger partial charge on any atom is -0.349 e. The van der Waals surface area contributed by atoms with E-state index in [0.717, 1.165) is 19.3 Å². The van der Waals surface area contributed by atoms with Crippen molar-refractivity contribution in [3.63, 3.8) is 0 Å². The van der Waals surface area contributed by atoms with E-state index in [9.17, 15) is 4.79 Å². The molecule has 1 amide bonds. The molecule has 2 nitrogen and oxygen atoms in total. The third-order valence-corrected chi connectivity index (χ3v) is 4.66. The molecule has 1 aromatic rings. The van der Waals surface area contributed by atoms with Crippen LogP contribution in [0.15, 0.2) is 24.3 Å². The summed E-state index contributed by atoms with van der Waals surface area (Å²) in [5, 5.41) is 3.08. The van der Waals surface area contributed by atoms with Crippen molar-refractivity contribution in [3.8, 4) is 0 Å². The van der Waals surface area contributed by atoms with E-state index >= 15 is 0 Å². The summed E-state index contributed by atoms with van der Waals surface area (Å²) in [4.78, 5) is 12.0. The summed E-state index contributed by atoms with van der Waals surface area (Å²) < 4.78 is -0.835. The summed E-state index contributed by atoms with van der Waals surface area (Å²) in [5.74, 6) is -0.253. The van der Waals surface area contributed by atoms with E-state index in [-0.39, 0.29) is 17.9 Å². The Morgan fingerprint density at radius 2 is 2.06 bits per heavy atom. The molecule has 18 heavy (non-hydrogen) atoms. The lowest BCUT2D eigenvalue weighted by Crippen LogP contribution is -2.33. The van der Waals surface area contributed by atoms with Gasteiger partial charge in [-0.1, -0.05) is 24.3 Å². The third kappa shape index (κ3) is 2.24. The van der Waals surface area contributed by atoms with E-state index in [1.807, 2.05) is 12.1 Å². The largest absolute Gasteiger partial charge is 0.349 e. The highest BCUT2D eigenvalue weighted by molar-refractivity contribution is 6.52. The summed E-state index contributed by atoms with van der Waals surface area (Å²) >= 11 is 11.8. The number of rotatable bonds is 2. The highest BCUT2D eigenvalue weighted by atomic mass is 35.5. The molecule has 2 aliphatic carbocycles. The normalized spacial score (nSPS) is 28.3. The van der Waals surface area contributed by atoms with Crippen molar-refractivity contribution >= 4 is 29.1 Å². The Kier molecular flexibility index (Phi) is 3.03. The van der Waals surface area contributed by atoms with Crippen LogP contribution in [0.4, 0.5) is 0 Å². The number of alkyl halides is 2. The van der Waals surface area contributed by atoms with Gasteiger partial charge in [0.05, 0.1) is 12.0 Å². The zero-order valence-electron chi connectivity index (χ0n) is 9.96. The molecule has 3 rings (SSSR count). The van der Waals surface area contributed by atoms with Crippen LogP contribution < -0.4 is 5.32 Å². The zero-order valence-corrected chi connectivity index (χ0v) is 11.5. The molecule has 0 heterocycles. The van der Waals surface area contributed by atoms with Gasteiger partial charge in [0.2, 0.25) is 5.91 Å². The second-order valence-corrected chi connectivity index (χ2v) is 6.71. The van der Waals surface area contributed by atoms with Crippen LogP contribution in [0, 0.1) is 5.92 Å². The third-order valence-electron chi connectivity index (χ3n) is 3.83. The minimum absolute atomic E-state index is 0.0123. The maximum atomic E-state index is 12.0. The molecule has 2 atom stereocenters. The van der Waals surface area contributed by atoms with Gasteiger partial charge in [0.15, 0.2) is 0 Å². The molecule has 0 bridgehead atoms. The molecule has 1 fully saturated rings. The lowest BCUT2D eigenvalue weighted by molar-refractivity contribution is -0.123. The molecule has 0 spiro atoms. The van der Waals surface area contributed by atoms with Crippen LogP contribution in [-0.4, -0.2) is 10.2 Å². The molecule has 0 unspecified atom stereocenters. The Hall–Kier alpha value is -0.730. The van der Waals surface area contributed by atoms with Crippen LogP contribution in [0.2, 0.25) is 0 Å².